The summed E-state index contributed by atoms with van der Waals surface area (Å²) < 4.78 is 14.7. The molecule has 26 heavy (non-hydrogen) atoms. The Morgan fingerprint density at radius 1 is 1.19 bits per heavy atom. The summed E-state index contributed by atoms with van der Waals surface area (Å²) in [5, 5.41) is 3.20. The zero-order valence-electron chi connectivity index (χ0n) is 14.8. The number of aryl methyl sites for hydroxylation is 2. The van der Waals surface area contributed by atoms with Crippen LogP contribution in [0.15, 0.2) is 47.4 Å². The first-order valence-electron chi connectivity index (χ1n) is 8.53. The van der Waals surface area contributed by atoms with E-state index in [0.717, 1.165) is 11.3 Å². The Balaban J connectivity index is 1.81. The van der Waals surface area contributed by atoms with Gasteiger partial charge in [0.25, 0.3) is 5.91 Å². The molecule has 0 aliphatic carbocycles. The lowest BCUT2D eigenvalue weighted by molar-refractivity contribution is 0.0952. The van der Waals surface area contributed by atoms with Gasteiger partial charge in [-0.3, -0.25) is 9.59 Å². The van der Waals surface area contributed by atoms with Crippen LogP contribution in [0.4, 0.5) is 4.39 Å². The Bertz CT molecular complexity index is 1010. The summed E-state index contributed by atoms with van der Waals surface area (Å²) in [7, 11) is 0. The van der Waals surface area contributed by atoms with Crippen LogP contribution in [0.5, 0.6) is 0 Å². The molecule has 1 N–H and O–H groups in total. The minimum atomic E-state index is -0.415. The van der Waals surface area contributed by atoms with Crippen LogP contribution in [0.2, 0.25) is 0 Å². The Kier molecular flexibility index (Phi) is 5.11. The largest absolute Gasteiger partial charge is 0.352 e. The molecule has 0 bridgehead atoms. The highest BCUT2D eigenvalue weighted by atomic mass is 19.1. The summed E-state index contributed by atoms with van der Waals surface area (Å²) in [6.07, 6.45) is 2.12. The van der Waals surface area contributed by atoms with E-state index in [1.807, 2.05) is 13.8 Å². The van der Waals surface area contributed by atoms with Crippen LogP contribution < -0.4 is 10.7 Å². The van der Waals surface area contributed by atoms with Crippen molar-refractivity contribution in [3.63, 3.8) is 0 Å². The van der Waals surface area contributed by atoms with Gasteiger partial charge in [0, 0.05) is 25.0 Å². The van der Waals surface area contributed by atoms with E-state index in [-0.39, 0.29) is 16.8 Å². The topological polar surface area (TPSA) is 64.0 Å². The predicted molar refractivity (Wildman–Crippen MR) is 98.9 cm³/mol. The fourth-order valence-corrected chi connectivity index (χ4v) is 2.83. The number of carbonyl (C=O) groups excluding carboxylic acids is 1. The van der Waals surface area contributed by atoms with E-state index in [0.29, 0.717) is 30.5 Å². The lowest BCUT2D eigenvalue weighted by atomic mass is 10.1. The zero-order valence-corrected chi connectivity index (χ0v) is 14.8. The minimum absolute atomic E-state index is 0.101. The van der Waals surface area contributed by atoms with Crippen molar-refractivity contribution in [3.8, 4) is 0 Å². The minimum Gasteiger partial charge on any atom is -0.352 e. The number of fused-ring (bicyclic) bond motifs is 1. The highest BCUT2D eigenvalue weighted by molar-refractivity contribution is 5.96. The van der Waals surface area contributed by atoms with Crippen molar-refractivity contribution in [2.24, 2.45) is 0 Å². The molecule has 5 nitrogen and oxygen atoms in total. The third kappa shape index (κ3) is 3.64. The van der Waals surface area contributed by atoms with Crippen molar-refractivity contribution in [2.45, 2.75) is 26.8 Å². The quantitative estimate of drug-likeness (QED) is 0.767. The lowest BCUT2D eigenvalue weighted by Gasteiger charge is -2.11. The first-order chi connectivity index (χ1) is 12.5. The van der Waals surface area contributed by atoms with Crippen molar-refractivity contribution in [1.82, 2.24) is 14.9 Å². The molecule has 0 aliphatic rings. The molecule has 2 aromatic heterocycles. The maximum Gasteiger partial charge on any atom is 0.256 e. The number of amides is 1. The summed E-state index contributed by atoms with van der Waals surface area (Å²) in [6.45, 7) is 4.76. The third-order valence-electron chi connectivity index (χ3n) is 4.26. The third-order valence-corrected chi connectivity index (χ3v) is 4.26. The van der Waals surface area contributed by atoms with Crippen LogP contribution in [-0.4, -0.2) is 22.0 Å². The van der Waals surface area contributed by atoms with Gasteiger partial charge in [-0.05, 0) is 50.1 Å². The molecule has 0 atom stereocenters. The average Bonchev–Trinajstić information content (AvgIpc) is 2.63. The van der Waals surface area contributed by atoms with Crippen LogP contribution in [0, 0.1) is 12.7 Å². The molecule has 0 fully saturated rings. The molecule has 0 saturated carbocycles. The van der Waals surface area contributed by atoms with Gasteiger partial charge >= 0.3 is 0 Å². The number of aromatic nitrogens is 2. The number of hydrogen-bond donors (Lipinski definition) is 1. The SMILES string of the molecule is CCn1cc(C(=O)NCCc2ccc(F)cc2)c(=O)c2ccc(C)nc21. The van der Waals surface area contributed by atoms with Crippen LogP contribution in [0.25, 0.3) is 11.0 Å². The van der Waals surface area contributed by atoms with Gasteiger partial charge in [0.1, 0.15) is 17.0 Å². The Morgan fingerprint density at radius 2 is 1.92 bits per heavy atom. The number of pyridine rings is 2. The molecule has 2 heterocycles. The molecule has 134 valence electrons. The number of benzene rings is 1. The highest BCUT2D eigenvalue weighted by Gasteiger charge is 2.15. The Morgan fingerprint density at radius 3 is 2.62 bits per heavy atom. The average molecular weight is 353 g/mol. The summed E-state index contributed by atoms with van der Waals surface area (Å²) in [4.78, 5) is 29.6. The number of halogens is 1. The Hall–Kier alpha value is -3.02. The van der Waals surface area contributed by atoms with Gasteiger partial charge in [0.15, 0.2) is 0 Å². The molecule has 1 amide bonds. The second-order valence-electron chi connectivity index (χ2n) is 6.11. The summed E-state index contributed by atoms with van der Waals surface area (Å²) in [6, 6.07) is 9.59. The Labute approximate surface area is 150 Å². The molecular formula is C20H20FN3O2. The van der Waals surface area contributed by atoms with Gasteiger partial charge in [-0.2, -0.15) is 0 Å². The summed E-state index contributed by atoms with van der Waals surface area (Å²) in [5.41, 5.74) is 2.09. The predicted octanol–water partition coefficient (Wildman–Crippen LogP) is 2.84. The number of nitrogens with one attached hydrogen (secondary N) is 1. The first-order valence-corrected chi connectivity index (χ1v) is 8.53. The molecule has 0 unspecified atom stereocenters. The second-order valence-corrected chi connectivity index (χ2v) is 6.11. The molecule has 0 spiro atoms. The maximum absolute atomic E-state index is 12.9. The molecule has 3 rings (SSSR count). The summed E-state index contributed by atoms with van der Waals surface area (Å²) >= 11 is 0. The standard InChI is InChI=1S/C20H20FN3O2/c1-3-24-12-17(18(25)16-9-4-13(2)23-19(16)24)20(26)22-11-10-14-5-7-15(21)8-6-14/h4-9,12H,3,10-11H2,1-2H3,(H,22,26). The number of hydrogen-bond acceptors (Lipinski definition) is 3. The molecule has 6 heteroatoms. The van der Waals surface area contributed by atoms with Gasteiger partial charge in [0.05, 0.1) is 5.39 Å². The smallest absolute Gasteiger partial charge is 0.256 e. The van der Waals surface area contributed by atoms with Crippen LogP contribution in [0.1, 0.15) is 28.5 Å². The molecule has 1 aromatic carbocycles. The molecule has 0 aliphatic heterocycles. The first kappa shape index (κ1) is 17.8. The highest BCUT2D eigenvalue weighted by Crippen LogP contribution is 2.11. The lowest BCUT2D eigenvalue weighted by Crippen LogP contribution is -2.31. The van der Waals surface area contributed by atoms with Crippen molar-refractivity contribution >= 4 is 16.9 Å². The van der Waals surface area contributed by atoms with E-state index in [1.165, 1.54) is 12.1 Å². The van der Waals surface area contributed by atoms with Gasteiger partial charge < -0.3 is 9.88 Å². The number of nitrogens with zero attached hydrogens (tertiary/aromatic N) is 2. The van der Waals surface area contributed by atoms with Crippen LogP contribution >= 0.6 is 0 Å². The van der Waals surface area contributed by atoms with Crippen molar-refractivity contribution in [1.29, 1.82) is 0 Å². The van der Waals surface area contributed by atoms with Crippen LogP contribution in [-0.2, 0) is 13.0 Å². The molecule has 0 saturated heterocycles. The molecular weight excluding hydrogens is 333 g/mol. The summed E-state index contributed by atoms with van der Waals surface area (Å²) in [5.74, 6) is -0.709. The van der Waals surface area contributed by atoms with E-state index in [4.69, 9.17) is 0 Å². The number of carbonyl (C=O) groups is 1. The van der Waals surface area contributed by atoms with Gasteiger partial charge in [-0.25, -0.2) is 9.37 Å². The van der Waals surface area contributed by atoms with Gasteiger partial charge in [-0.15, -0.1) is 0 Å². The van der Waals surface area contributed by atoms with Gasteiger partial charge in [-0.1, -0.05) is 12.1 Å². The second kappa shape index (κ2) is 7.47. The van der Waals surface area contributed by atoms with Gasteiger partial charge in [0.2, 0.25) is 5.43 Å². The number of rotatable bonds is 5. The van der Waals surface area contributed by atoms with Crippen molar-refractivity contribution < 1.29 is 9.18 Å². The van der Waals surface area contributed by atoms with E-state index < -0.39 is 5.91 Å². The van der Waals surface area contributed by atoms with E-state index in [9.17, 15) is 14.0 Å². The van der Waals surface area contributed by atoms with Crippen molar-refractivity contribution in [3.05, 3.63) is 75.5 Å². The van der Waals surface area contributed by atoms with Crippen molar-refractivity contribution in [2.75, 3.05) is 6.54 Å². The fourth-order valence-electron chi connectivity index (χ4n) is 2.83. The molecule has 3 aromatic rings. The monoisotopic (exact) mass is 353 g/mol. The van der Waals surface area contributed by atoms with E-state index in [2.05, 4.69) is 10.3 Å². The normalized spacial score (nSPS) is 10.9. The molecule has 0 radical (unpaired) electrons. The van der Waals surface area contributed by atoms with Crippen LogP contribution in [0.3, 0.4) is 0 Å². The zero-order chi connectivity index (χ0) is 18.7. The van der Waals surface area contributed by atoms with E-state index in [1.54, 1.807) is 35.0 Å². The maximum atomic E-state index is 12.9. The fraction of sp³-hybridized carbons (Fsp3) is 0.250. The van der Waals surface area contributed by atoms with E-state index >= 15 is 0 Å².